The van der Waals surface area contributed by atoms with Gasteiger partial charge in [0.05, 0.1) is 13.0 Å². The Bertz CT molecular complexity index is 1130. The zero-order valence-corrected chi connectivity index (χ0v) is 16.1. The van der Waals surface area contributed by atoms with Gasteiger partial charge in [0, 0.05) is 16.6 Å². The van der Waals surface area contributed by atoms with Gasteiger partial charge in [-0.3, -0.25) is 14.0 Å². The Morgan fingerprint density at radius 1 is 1.07 bits per heavy atom. The van der Waals surface area contributed by atoms with Crippen LogP contribution in [0, 0.1) is 0 Å². The summed E-state index contributed by atoms with van der Waals surface area (Å²) in [5, 5.41) is 0. The van der Waals surface area contributed by atoms with E-state index >= 15 is 0 Å². The number of ether oxygens (including phenoxy) is 1. The van der Waals surface area contributed by atoms with Gasteiger partial charge < -0.3 is 4.74 Å². The Kier molecular flexibility index (Phi) is 5.04. The normalized spacial score (nSPS) is 10.9. The molecule has 28 heavy (non-hydrogen) atoms. The number of aldehydes is 1. The van der Waals surface area contributed by atoms with E-state index in [1.807, 2.05) is 42.5 Å². The number of imidazole rings is 1. The van der Waals surface area contributed by atoms with Gasteiger partial charge in [0.2, 0.25) is 0 Å². The third-order valence-corrected chi connectivity index (χ3v) is 5.39. The molecular weight excluding hydrogens is 372 g/mol. The molecule has 0 aliphatic rings. The molecule has 0 saturated carbocycles. The Balaban J connectivity index is 1.66. The first-order valence-electron chi connectivity index (χ1n) is 8.97. The predicted molar refractivity (Wildman–Crippen MR) is 110 cm³/mol. The Hall–Kier alpha value is -3.25. The van der Waals surface area contributed by atoms with Gasteiger partial charge in [0.15, 0.2) is 11.2 Å². The lowest BCUT2D eigenvalue weighted by Gasteiger charge is -2.03. The predicted octanol–water partition coefficient (Wildman–Crippen LogP) is 4.65. The molecule has 0 radical (unpaired) electrons. The lowest BCUT2D eigenvalue weighted by atomic mass is 10.0. The van der Waals surface area contributed by atoms with Crippen LogP contribution in [-0.4, -0.2) is 28.2 Å². The second kappa shape index (κ2) is 7.78. The van der Waals surface area contributed by atoms with Gasteiger partial charge in [-0.15, -0.1) is 11.3 Å². The summed E-state index contributed by atoms with van der Waals surface area (Å²) in [7, 11) is 0. The first kappa shape index (κ1) is 18.1. The van der Waals surface area contributed by atoms with Crippen molar-refractivity contribution in [1.29, 1.82) is 0 Å². The van der Waals surface area contributed by atoms with Crippen molar-refractivity contribution in [3.05, 3.63) is 71.4 Å². The highest BCUT2D eigenvalue weighted by Gasteiger charge is 2.17. The maximum Gasteiger partial charge on any atom is 0.311 e. The average Bonchev–Trinajstić information content (AvgIpc) is 3.25. The molecule has 4 aromatic rings. The summed E-state index contributed by atoms with van der Waals surface area (Å²) >= 11 is 1.39. The van der Waals surface area contributed by atoms with Crippen molar-refractivity contribution in [3.63, 3.8) is 0 Å². The zero-order valence-electron chi connectivity index (χ0n) is 15.3. The van der Waals surface area contributed by atoms with E-state index in [1.54, 1.807) is 17.5 Å². The van der Waals surface area contributed by atoms with Crippen LogP contribution >= 0.6 is 11.3 Å². The molecule has 0 aliphatic carbocycles. The molecule has 0 fully saturated rings. The van der Waals surface area contributed by atoms with Crippen LogP contribution < -0.4 is 0 Å². The highest BCUT2D eigenvalue weighted by molar-refractivity contribution is 7.17. The first-order chi connectivity index (χ1) is 13.7. The SMILES string of the molecule is CCOC(=O)Cc1cn2c(C=O)c(-c3ccc(-c4ccccc4)cc3)nc2s1. The monoisotopic (exact) mass is 390 g/mol. The summed E-state index contributed by atoms with van der Waals surface area (Å²) in [6, 6.07) is 18.1. The first-order valence-corrected chi connectivity index (χ1v) is 9.78. The van der Waals surface area contributed by atoms with E-state index in [0.29, 0.717) is 23.0 Å². The number of fused-ring (bicyclic) bond motifs is 1. The van der Waals surface area contributed by atoms with Crippen LogP contribution in [0.4, 0.5) is 0 Å². The Labute approximate surface area is 166 Å². The molecule has 6 heteroatoms. The highest BCUT2D eigenvalue weighted by atomic mass is 32.1. The van der Waals surface area contributed by atoms with Gasteiger partial charge in [-0.25, -0.2) is 4.98 Å². The van der Waals surface area contributed by atoms with Crippen LogP contribution in [0.1, 0.15) is 22.3 Å². The summed E-state index contributed by atoms with van der Waals surface area (Å²) in [4.78, 5) is 29.6. The summed E-state index contributed by atoms with van der Waals surface area (Å²) < 4.78 is 6.73. The lowest BCUT2D eigenvalue weighted by molar-refractivity contribution is -0.142. The Morgan fingerprint density at radius 3 is 2.43 bits per heavy atom. The van der Waals surface area contributed by atoms with Gasteiger partial charge in [0.25, 0.3) is 0 Å². The molecule has 0 aliphatic heterocycles. The minimum Gasteiger partial charge on any atom is -0.466 e. The van der Waals surface area contributed by atoms with E-state index in [1.165, 1.54) is 11.3 Å². The van der Waals surface area contributed by atoms with Crippen molar-refractivity contribution in [2.24, 2.45) is 0 Å². The molecule has 2 aromatic heterocycles. The van der Waals surface area contributed by atoms with Crippen LogP contribution in [-0.2, 0) is 16.0 Å². The standard InChI is InChI=1S/C22H18N2O3S/c1-2-27-20(26)12-18-13-24-19(14-25)21(23-22(24)28-18)17-10-8-16(9-11-17)15-6-4-3-5-7-15/h3-11,13-14H,2,12H2,1H3. The highest BCUT2D eigenvalue weighted by Crippen LogP contribution is 2.29. The molecule has 0 amide bonds. The topological polar surface area (TPSA) is 60.7 Å². The van der Waals surface area contributed by atoms with Crippen LogP contribution in [0.3, 0.4) is 0 Å². The molecule has 0 atom stereocenters. The van der Waals surface area contributed by atoms with Crippen molar-refractivity contribution < 1.29 is 14.3 Å². The second-order valence-corrected chi connectivity index (χ2v) is 7.33. The summed E-state index contributed by atoms with van der Waals surface area (Å²) in [6.07, 6.45) is 2.78. The summed E-state index contributed by atoms with van der Waals surface area (Å²) in [5.41, 5.74) is 4.25. The minimum absolute atomic E-state index is 0.182. The lowest BCUT2D eigenvalue weighted by Crippen LogP contribution is -2.06. The maximum absolute atomic E-state index is 11.8. The molecule has 140 valence electrons. The number of benzene rings is 2. The van der Waals surface area contributed by atoms with Crippen molar-refractivity contribution in [2.75, 3.05) is 6.61 Å². The zero-order chi connectivity index (χ0) is 19.5. The van der Waals surface area contributed by atoms with Crippen LogP contribution in [0.2, 0.25) is 0 Å². The molecule has 4 rings (SSSR count). The van der Waals surface area contributed by atoms with Gasteiger partial charge in [0.1, 0.15) is 11.4 Å². The van der Waals surface area contributed by atoms with E-state index in [0.717, 1.165) is 27.9 Å². The number of thiazole rings is 1. The number of aromatic nitrogens is 2. The summed E-state index contributed by atoms with van der Waals surface area (Å²) in [5.74, 6) is -0.281. The smallest absolute Gasteiger partial charge is 0.311 e. The quantitative estimate of drug-likeness (QED) is 0.355. The van der Waals surface area contributed by atoms with E-state index < -0.39 is 0 Å². The fraction of sp³-hybridized carbons (Fsp3) is 0.136. The molecule has 0 bridgehead atoms. The third kappa shape index (κ3) is 3.46. The summed E-state index contributed by atoms with van der Waals surface area (Å²) in [6.45, 7) is 2.13. The fourth-order valence-corrected chi connectivity index (χ4v) is 4.09. The number of hydrogen-bond acceptors (Lipinski definition) is 5. The van der Waals surface area contributed by atoms with E-state index in [2.05, 4.69) is 17.1 Å². The molecule has 0 unspecified atom stereocenters. The van der Waals surface area contributed by atoms with Crippen LogP contribution in [0.15, 0.2) is 60.8 Å². The number of carbonyl (C=O) groups is 2. The van der Waals surface area contributed by atoms with Crippen molar-refractivity contribution in [3.8, 4) is 22.4 Å². The molecule has 2 heterocycles. The maximum atomic E-state index is 11.8. The second-order valence-electron chi connectivity index (χ2n) is 6.24. The van der Waals surface area contributed by atoms with Gasteiger partial charge >= 0.3 is 5.97 Å². The van der Waals surface area contributed by atoms with Gasteiger partial charge in [-0.2, -0.15) is 0 Å². The fourth-order valence-electron chi connectivity index (χ4n) is 3.12. The van der Waals surface area contributed by atoms with Crippen LogP contribution in [0.5, 0.6) is 0 Å². The van der Waals surface area contributed by atoms with E-state index in [4.69, 9.17) is 4.74 Å². The van der Waals surface area contributed by atoms with E-state index in [-0.39, 0.29) is 12.4 Å². The number of nitrogens with zero attached hydrogens (tertiary/aromatic N) is 2. The van der Waals surface area contributed by atoms with Gasteiger partial charge in [-0.05, 0) is 18.1 Å². The third-order valence-electron chi connectivity index (χ3n) is 4.41. The number of hydrogen-bond donors (Lipinski definition) is 0. The molecular formula is C22H18N2O3S. The van der Waals surface area contributed by atoms with E-state index in [9.17, 15) is 9.59 Å². The molecule has 5 nitrogen and oxygen atoms in total. The minimum atomic E-state index is -0.281. The molecule has 2 aromatic carbocycles. The number of carbonyl (C=O) groups excluding carboxylic acids is 2. The van der Waals surface area contributed by atoms with Crippen molar-refractivity contribution in [2.45, 2.75) is 13.3 Å². The molecule has 0 saturated heterocycles. The van der Waals surface area contributed by atoms with Gasteiger partial charge in [-0.1, -0.05) is 54.6 Å². The van der Waals surface area contributed by atoms with Crippen LogP contribution in [0.25, 0.3) is 27.3 Å². The number of rotatable bonds is 6. The molecule has 0 N–H and O–H groups in total. The Morgan fingerprint density at radius 2 is 1.75 bits per heavy atom. The average molecular weight is 390 g/mol. The van der Waals surface area contributed by atoms with Crippen molar-refractivity contribution in [1.82, 2.24) is 9.38 Å². The molecule has 0 spiro atoms. The largest absolute Gasteiger partial charge is 0.466 e. The van der Waals surface area contributed by atoms with Crippen molar-refractivity contribution >= 4 is 28.6 Å². The number of esters is 1.